The Morgan fingerprint density at radius 3 is 2.18 bits per heavy atom. The van der Waals surface area contributed by atoms with Gasteiger partial charge in [-0.05, 0) is 67.5 Å². The maximum absolute atomic E-state index is 12.2. The van der Waals surface area contributed by atoms with Crippen LogP contribution in [-0.2, 0) is 4.74 Å². The molecule has 0 aromatic heterocycles. The van der Waals surface area contributed by atoms with Crippen molar-refractivity contribution in [3.8, 4) is 5.75 Å². The number of ether oxygens (including phenoxy) is 2. The molecule has 0 fully saturated rings. The summed E-state index contributed by atoms with van der Waals surface area (Å²) in [5.74, 6) is 0.873. The van der Waals surface area contributed by atoms with E-state index in [4.69, 9.17) is 9.47 Å². The number of hydrogen-bond donors (Lipinski definition) is 0. The van der Waals surface area contributed by atoms with Crippen molar-refractivity contribution in [3.05, 3.63) is 114 Å². The molecule has 3 aromatic carbocycles. The minimum Gasteiger partial charge on any atom is -0.501 e. The van der Waals surface area contributed by atoms with Gasteiger partial charge in [0.15, 0.2) is 5.78 Å². The average molecular weight is 455 g/mol. The van der Waals surface area contributed by atoms with E-state index in [-0.39, 0.29) is 11.9 Å². The van der Waals surface area contributed by atoms with Gasteiger partial charge in [-0.15, -0.1) is 0 Å². The Morgan fingerprint density at radius 2 is 1.47 bits per heavy atom. The number of unbranched alkanes of at least 4 members (excludes halogenated alkanes) is 2. The molecule has 3 aromatic rings. The van der Waals surface area contributed by atoms with Gasteiger partial charge in [0.05, 0.1) is 19.0 Å². The van der Waals surface area contributed by atoms with Gasteiger partial charge in [-0.2, -0.15) is 0 Å². The van der Waals surface area contributed by atoms with Gasteiger partial charge in [-0.25, -0.2) is 0 Å². The highest BCUT2D eigenvalue weighted by molar-refractivity contribution is 6.06. The Kier molecular flexibility index (Phi) is 10.7. The zero-order valence-electron chi connectivity index (χ0n) is 19.9. The molecule has 0 N–H and O–H groups in total. The fraction of sp³-hybridized carbons (Fsp3) is 0.258. The van der Waals surface area contributed by atoms with Gasteiger partial charge >= 0.3 is 0 Å². The van der Waals surface area contributed by atoms with Crippen LogP contribution in [0.25, 0.3) is 12.2 Å². The molecule has 0 aliphatic heterocycles. The van der Waals surface area contributed by atoms with Gasteiger partial charge in [0.1, 0.15) is 5.75 Å². The first-order valence-electron chi connectivity index (χ1n) is 12.1. The Morgan fingerprint density at radius 1 is 0.794 bits per heavy atom. The van der Waals surface area contributed by atoms with Crippen molar-refractivity contribution < 1.29 is 14.3 Å². The lowest BCUT2D eigenvalue weighted by atomic mass is 10.1. The summed E-state index contributed by atoms with van der Waals surface area (Å²) in [5, 5.41) is 0. The number of carbonyl (C=O) groups is 1. The maximum atomic E-state index is 12.2. The number of allylic oxidation sites excluding steroid dienone is 1. The van der Waals surface area contributed by atoms with Crippen LogP contribution in [0.15, 0.2) is 97.3 Å². The normalized spacial score (nSPS) is 12.1. The SMILES string of the molecule is CCC(CCCCCOC=Cc1ccccc1)Oc1ccc(C=CC(=O)c2ccccc2)cc1. The largest absolute Gasteiger partial charge is 0.501 e. The molecule has 0 spiro atoms. The Bertz CT molecular complexity index is 1020. The average Bonchev–Trinajstić information content (AvgIpc) is 2.90. The van der Waals surface area contributed by atoms with Crippen LogP contribution in [0, 0.1) is 0 Å². The summed E-state index contributed by atoms with van der Waals surface area (Å²) in [5.41, 5.74) is 2.82. The smallest absolute Gasteiger partial charge is 0.185 e. The Labute approximate surface area is 203 Å². The zero-order valence-corrected chi connectivity index (χ0v) is 19.9. The van der Waals surface area contributed by atoms with Gasteiger partial charge in [0.25, 0.3) is 0 Å². The van der Waals surface area contributed by atoms with Crippen LogP contribution in [0.2, 0.25) is 0 Å². The third kappa shape index (κ3) is 9.11. The van der Waals surface area contributed by atoms with Gasteiger partial charge in [-0.1, -0.05) is 85.8 Å². The standard InChI is InChI=1S/C31H34O3/c1-2-29(16-10-5-11-24-33-25-23-26-12-6-3-7-13-26)34-30-20-17-27(18-21-30)19-22-31(32)28-14-8-4-9-15-28/h3-4,6-9,12-15,17-23,25,29H,2,5,10-11,16,24H2,1H3. The summed E-state index contributed by atoms with van der Waals surface area (Å²) in [6.07, 6.45) is 12.7. The molecule has 0 amide bonds. The molecule has 0 aliphatic rings. The molecule has 1 unspecified atom stereocenters. The molecule has 0 aliphatic carbocycles. The van der Waals surface area contributed by atoms with E-state index in [0.29, 0.717) is 5.56 Å². The summed E-state index contributed by atoms with van der Waals surface area (Å²) < 4.78 is 11.8. The second kappa shape index (κ2) is 14.5. The fourth-order valence-corrected chi connectivity index (χ4v) is 3.56. The zero-order chi connectivity index (χ0) is 23.8. The lowest BCUT2D eigenvalue weighted by Crippen LogP contribution is -2.15. The lowest BCUT2D eigenvalue weighted by Gasteiger charge is -2.17. The van der Waals surface area contributed by atoms with Crippen LogP contribution >= 0.6 is 0 Å². The molecule has 0 heterocycles. The van der Waals surface area contributed by atoms with E-state index in [2.05, 4.69) is 19.1 Å². The summed E-state index contributed by atoms with van der Waals surface area (Å²) >= 11 is 0. The monoisotopic (exact) mass is 454 g/mol. The summed E-state index contributed by atoms with van der Waals surface area (Å²) in [6, 6.07) is 27.4. The van der Waals surface area contributed by atoms with Crippen molar-refractivity contribution in [1.82, 2.24) is 0 Å². The first-order chi connectivity index (χ1) is 16.7. The van der Waals surface area contributed by atoms with E-state index in [1.54, 1.807) is 12.3 Å². The Balaban J connectivity index is 1.33. The van der Waals surface area contributed by atoms with E-state index >= 15 is 0 Å². The van der Waals surface area contributed by atoms with Crippen molar-refractivity contribution in [3.63, 3.8) is 0 Å². The highest BCUT2D eigenvalue weighted by Gasteiger charge is 2.08. The highest BCUT2D eigenvalue weighted by Crippen LogP contribution is 2.19. The number of hydrogen-bond acceptors (Lipinski definition) is 3. The third-order valence-corrected chi connectivity index (χ3v) is 5.57. The quantitative estimate of drug-likeness (QED) is 0.107. The van der Waals surface area contributed by atoms with E-state index in [9.17, 15) is 4.79 Å². The van der Waals surface area contributed by atoms with Crippen molar-refractivity contribution in [1.29, 1.82) is 0 Å². The van der Waals surface area contributed by atoms with Crippen molar-refractivity contribution in [2.45, 2.75) is 45.1 Å². The van der Waals surface area contributed by atoms with Crippen LogP contribution in [-0.4, -0.2) is 18.5 Å². The van der Waals surface area contributed by atoms with Crippen LogP contribution in [0.4, 0.5) is 0 Å². The van der Waals surface area contributed by atoms with E-state index in [0.717, 1.165) is 55.6 Å². The lowest BCUT2D eigenvalue weighted by molar-refractivity contribution is 0.104. The molecule has 1 atom stereocenters. The minimum absolute atomic E-state index is 0.00425. The number of ketones is 1. The molecule has 0 bridgehead atoms. The van der Waals surface area contributed by atoms with E-state index < -0.39 is 0 Å². The molecule has 3 heteroatoms. The molecule has 0 saturated carbocycles. The molecule has 0 saturated heterocycles. The molecule has 3 nitrogen and oxygen atoms in total. The van der Waals surface area contributed by atoms with Crippen molar-refractivity contribution >= 4 is 17.9 Å². The van der Waals surface area contributed by atoms with E-state index in [1.807, 2.05) is 84.9 Å². The number of rotatable bonds is 14. The second-order valence-electron chi connectivity index (χ2n) is 8.21. The highest BCUT2D eigenvalue weighted by atomic mass is 16.5. The van der Waals surface area contributed by atoms with Crippen LogP contribution in [0.5, 0.6) is 5.75 Å². The molecular weight excluding hydrogens is 420 g/mol. The van der Waals surface area contributed by atoms with Gasteiger partial charge in [0.2, 0.25) is 0 Å². The maximum Gasteiger partial charge on any atom is 0.185 e. The van der Waals surface area contributed by atoms with Gasteiger partial charge in [0, 0.05) is 5.56 Å². The van der Waals surface area contributed by atoms with Crippen LogP contribution in [0.1, 0.15) is 60.5 Å². The molecular formula is C31H34O3. The van der Waals surface area contributed by atoms with Crippen LogP contribution in [0.3, 0.4) is 0 Å². The predicted octanol–water partition coefficient (Wildman–Crippen LogP) is 7.99. The second-order valence-corrected chi connectivity index (χ2v) is 8.21. The molecule has 34 heavy (non-hydrogen) atoms. The molecule has 0 radical (unpaired) electrons. The minimum atomic E-state index is 0.00425. The number of carbonyl (C=O) groups excluding carboxylic acids is 1. The first-order valence-corrected chi connectivity index (χ1v) is 12.1. The number of benzene rings is 3. The summed E-state index contributed by atoms with van der Waals surface area (Å²) in [4.78, 5) is 12.2. The van der Waals surface area contributed by atoms with Crippen molar-refractivity contribution in [2.24, 2.45) is 0 Å². The van der Waals surface area contributed by atoms with Gasteiger partial charge in [-0.3, -0.25) is 4.79 Å². The van der Waals surface area contributed by atoms with Gasteiger partial charge < -0.3 is 9.47 Å². The van der Waals surface area contributed by atoms with E-state index in [1.165, 1.54) is 0 Å². The van der Waals surface area contributed by atoms with Crippen molar-refractivity contribution in [2.75, 3.05) is 6.61 Å². The van der Waals surface area contributed by atoms with Crippen LogP contribution < -0.4 is 4.74 Å². The topological polar surface area (TPSA) is 35.5 Å². The third-order valence-electron chi connectivity index (χ3n) is 5.57. The first kappa shape index (κ1) is 25.0. The fourth-order valence-electron chi connectivity index (χ4n) is 3.56. The summed E-state index contributed by atoms with van der Waals surface area (Å²) in [7, 11) is 0. The summed E-state index contributed by atoms with van der Waals surface area (Å²) in [6.45, 7) is 2.90. The Hall–Kier alpha value is -3.59. The predicted molar refractivity (Wildman–Crippen MR) is 141 cm³/mol. The molecule has 3 rings (SSSR count). The molecule has 176 valence electrons.